The van der Waals surface area contributed by atoms with Gasteiger partial charge in [-0.3, -0.25) is 0 Å². The zero-order valence-electron chi connectivity index (χ0n) is 25.3. The third-order valence-electron chi connectivity index (χ3n) is 8.25. The molecule has 0 aromatic heterocycles. The molecule has 0 amide bonds. The summed E-state index contributed by atoms with van der Waals surface area (Å²) in [5.41, 5.74) is 0. The van der Waals surface area contributed by atoms with Crippen LogP contribution in [0.15, 0.2) is 0 Å². The second kappa shape index (κ2) is 27.9. The van der Waals surface area contributed by atoms with E-state index in [-0.39, 0.29) is 0 Å². The Kier molecular flexibility index (Phi) is 27.8. The molecule has 0 fully saturated rings. The van der Waals surface area contributed by atoms with Gasteiger partial charge in [-0.15, -0.1) is 0 Å². The molecule has 0 heterocycles. The number of hydrogen-bond acceptors (Lipinski definition) is 2. The van der Waals surface area contributed by atoms with Crippen molar-refractivity contribution in [2.24, 2.45) is 0 Å². The fourth-order valence-corrected chi connectivity index (χ4v) is 10.4. The van der Waals surface area contributed by atoms with Gasteiger partial charge < -0.3 is 9.90 Å². The third-order valence-corrected chi connectivity index (χ3v) is 13.2. The fraction of sp³-hybridized carbons (Fsp3) is 0.970. The highest BCUT2D eigenvalue weighted by molar-refractivity contribution is 7.75. The maximum atomic E-state index is 11.5. The topological polar surface area (TPSA) is 40.1 Å². The number of carbonyl (C=O) groups excluding carboxylic acids is 1. The van der Waals surface area contributed by atoms with Crippen LogP contribution in [-0.2, 0) is 4.79 Å². The van der Waals surface area contributed by atoms with Gasteiger partial charge in [-0.1, -0.05) is 136 Å². The van der Waals surface area contributed by atoms with Gasteiger partial charge in [0.1, 0.15) is 0 Å². The average Bonchev–Trinajstić information content (AvgIpc) is 2.87. The molecule has 216 valence electrons. The van der Waals surface area contributed by atoms with Crippen molar-refractivity contribution in [2.75, 3.05) is 24.6 Å². The molecule has 2 nitrogen and oxygen atoms in total. The van der Waals surface area contributed by atoms with Gasteiger partial charge in [-0.25, -0.2) is 0 Å². The van der Waals surface area contributed by atoms with Gasteiger partial charge in [-0.05, 0) is 38.5 Å². The van der Waals surface area contributed by atoms with Gasteiger partial charge in [0.25, 0.3) is 0 Å². The number of rotatable bonds is 30. The summed E-state index contributed by atoms with van der Waals surface area (Å²) in [5.74, 6) is -0.817. The molecule has 0 atom stereocenters. The van der Waals surface area contributed by atoms with Crippen LogP contribution in [0.4, 0.5) is 0 Å². The Morgan fingerprint density at radius 2 is 0.667 bits per heavy atom. The standard InChI is InChI=1S/C33H67O2P/c1-4-7-10-13-16-19-22-25-29-36(32-28-33(34)35,30-26-23-20-17-14-11-8-5-2)31-27-24-21-18-15-12-9-6-3/h4-32H2,1-3H3. The summed E-state index contributed by atoms with van der Waals surface area (Å²) in [6.45, 7) is 6.86. The van der Waals surface area contributed by atoms with Gasteiger partial charge in [0.15, 0.2) is 0 Å². The summed E-state index contributed by atoms with van der Waals surface area (Å²) >= 11 is 0. The first-order valence-corrected chi connectivity index (χ1v) is 19.2. The highest BCUT2D eigenvalue weighted by Crippen LogP contribution is 2.61. The second-order valence-electron chi connectivity index (χ2n) is 11.8. The maximum Gasteiger partial charge on any atom is 0.0646 e. The summed E-state index contributed by atoms with van der Waals surface area (Å²) in [6.07, 6.45) is 38.2. The molecular formula is C33H67O2P. The molecule has 0 aromatic carbocycles. The maximum absolute atomic E-state index is 11.5. The Morgan fingerprint density at radius 1 is 0.417 bits per heavy atom. The van der Waals surface area contributed by atoms with E-state index < -0.39 is 13.2 Å². The third kappa shape index (κ3) is 24.2. The highest BCUT2D eigenvalue weighted by atomic mass is 31.2. The molecular weight excluding hydrogens is 459 g/mol. The molecule has 0 spiro atoms. The molecule has 0 saturated carbocycles. The number of hydrogen-bond donors (Lipinski definition) is 0. The summed E-state index contributed by atoms with van der Waals surface area (Å²) in [5, 5.41) is 11.5. The number of carboxylic acids is 1. The van der Waals surface area contributed by atoms with Gasteiger partial charge in [0, 0.05) is 19.7 Å². The minimum Gasteiger partial charge on any atom is -0.550 e. The zero-order valence-corrected chi connectivity index (χ0v) is 26.2. The Bertz CT molecular complexity index is 401. The Balaban J connectivity index is 4.64. The molecule has 0 saturated heterocycles. The molecule has 0 aliphatic rings. The SMILES string of the molecule is CCCCCCCCCC[P+](CCCCCCCCCC)(CCCCCCCCCC)CCC(=O)[O-]. The van der Waals surface area contributed by atoms with E-state index in [4.69, 9.17) is 0 Å². The van der Waals surface area contributed by atoms with Crippen molar-refractivity contribution in [2.45, 2.75) is 181 Å². The second-order valence-corrected chi connectivity index (χ2v) is 16.3. The molecule has 0 aliphatic carbocycles. The quantitative estimate of drug-likeness (QED) is 0.0689. The number of unbranched alkanes of at least 4 members (excludes halogenated alkanes) is 21. The van der Waals surface area contributed by atoms with E-state index in [0.29, 0.717) is 6.42 Å². The molecule has 0 radical (unpaired) electrons. The summed E-state index contributed by atoms with van der Waals surface area (Å²) in [4.78, 5) is 11.5. The average molecular weight is 527 g/mol. The van der Waals surface area contributed by atoms with E-state index in [0.717, 1.165) is 6.16 Å². The van der Waals surface area contributed by atoms with E-state index in [2.05, 4.69) is 20.8 Å². The normalized spacial score (nSPS) is 11.9. The largest absolute Gasteiger partial charge is 0.550 e. The number of carboxylic acid groups (broad SMARTS) is 1. The van der Waals surface area contributed by atoms with Crippen LogP contribution >= 0.6 is 7.26 Å². The number of aliphatic carboxylic acids is 1. The Morgan fingerprint density at radius 3 is 0.917 bits per heavy atom. The first-order chi connectivity index (χ1) is 17.6. The van der Waals surface area contributed by atoms with Crippen LogP contribution in [0.5, 0.6) is 0 Å². The van der Waals surface area contributed by atoms with Crippen LogP contribution in [0.25, 0.3) is 0 Å². The van der Waals surface area contributed by atoms with E-state index in [1.54, 1.807) is 0 Å². The lowest BCUT2D eigenvalue weighted by Crippen LogP contribution is -2.25. The van der Waals surface area contributed by atoms with Crippen molar-refractivity contribution in [1.29, 1.82) is 0 Å². The van der Waals surface area contributed by atoms with Crippen LogP contribution in [0.2, 0.25) is 0 Å². The van der Waals surface area contributed by atoms with Crippen molar-refractivity contribution >= 4 is 13.2 Å². The monoisotopic (exact) mass is 526 g/mol. The highest BCUT2D eigenvalue weighted by Gasteiger charge is 2.35. The first kappa shape index (κ1) is 35.9. The van der Waals surface area contributed by atoms with Crippen LogP contribution in [0, 0.1) is 0 Å². The van der Waals surface area contributed by atoms with Gasteiger partial charge in [0.05, 0.1) is 24.6 Å². The molecule has 3 heteroatoms. The van der Waals surface area contributed by atoms with Crippen molar-refractivity contribution in [3.63, 3.8) is 0 Å². The minimum atomic E-state index is -1.17. The van der Waals surface area contributed by atoms with Crippen LogP contribution in [-0.4, -0.2) is 30.6 Å². The first-order valence-electron chi connectivity index (χ1n) is 16.6. The molecule has 0 rings (SSSR count). The minimum absolute atomic E-state index is 0.304. The van der Waals surface area contributed by atoms with Crippen molar-refractivity contribution in [3.8, 4) is 0 Å². The molecule has 0 bridgehead atoms. The van der Waals surface area contributed by atoms with Crippen molar-refractivity contribution in [3.05, 3.63) is 0 Å². The molecule has 0 N–H and O–H groups in total. The Labute approximate surface area is 228 Å². The molecule has 0 aromatic rings. The zero-order chi connectivity index (χ0) is 26.6. The smallest absolute Gasteiger partial charge is 0.0646 e. The lowest BCUT2D eigenvalue weighted by Gasteiger charge is -2.29. The van der Waals surface area contributed by atoms with Crippen LogP contribution in [0.3, 0.4) is 0 Å². The lowest BCUT2D eigenvalue weighted by molar-refractivity contribution is -0.305. The van der Waals surface area contributed by atoms with E-state index in [1.807, 2.05) is 0 Å². The van der Waals surface area contributed by atoms with Crippen molar-refractivity contribution in [1.82, 2.24) is 0 Å². The predicted octanol–water partition coefficient (Wildman–Crippen LogP) is 10.6. The molecule has 36 heavy (non-hydrogen) atoms. The summed E-state index contributed by atoms with van der Waals surface area (Å²) < 4.78 is 0. The van der Waals surface area contributed by atoms with Gasteiger partial charge >= 0.3 is 0 Å². The van der Waals surface area contributed by atoms with Crippen LogP contribution in [0.1, 0.15) is 181 Å². The Hall–Kier alpha value is -0.100. The van der Waals surface area contributed by atoms with E-state index in [9.17, 15) is 9.90 Å². The predicted molar refractivity (Wildman–Crippen MR) is 164 cm³/mol. The summed E-state index contributed by atoms with van der Waals surface area (Å²) in [6, 6.07) is 0. The fourth-order valence-electron chi connectivity index (χ4n) is 5.74. The van der Waals surface area contributed by atoms with E-state index >= 15 is 0 Å². The summed E-state index contributed by atoms with van der Waals surface area (Å²) in [7, 11) is -1.17. The van der Waals surface area contributed by atoms with Gasteiger partial charge in [-0.2, -0.15) is 0 Å². The van der Waals surface area contributed by atoms with Crippen LogP contribution < -0.4 is 5.11 Å². The number of carbonyl (C=O) groups is 1. The van der Waals surface area contributed by atoms with Crippen molar-refractivity contribution < 1.29 is 9.90 Å². The van der Waals surface area contributed by atoms with Gasteiger partial charge in [0.2, 0.25) is 0 Å². The molecule has 0 unspecified atom stereocenters. The lowest BCUT2D eigenvalue weighted by atomic mass is 10.1. The molecule has 0 aliphatic heterocycles. The van der Waals surface area contributed by atoms with E-state index in [1.165, 1.54) is 173 Å².